The summed E-state index contributed by atoms with van der Waals surface area (Å²) in [6.07, 6.45) is 2.76. The summed E-state index contributed by atoms with van der Waals surface area (Å²) in [7, 11) is 0. The number of anilines is 1. The average Bonchev–Trinajstić information content (AvgIpc) is 2.43. The van der Waals surface area contributed by atoms with E-state index < -0.39 is 0 Å². The highest BCUT2D eigenvalue weighted by Crippen LogP contribution is 2.21. The molecule has 108 valence electrons. The minimum Gasteiger partial charge on any atom is -0.399 e. The van der Waals surface area contributed by atoms with Crippen molar-refractivity contribution in [1.29, 1.82) is 0 Å². The number of carbonyl (C=O) groups is 2. The molecule has 0 saturated carbocycles. The molecule has 0 atom stereocenters. The van der Waals surface area contributed by atoms with E-state index in [1.807, 2.05) is 6.07 Å². The number of carbonyl (C=O) groups excluding carboxylic acids is 2. The van der Waals surface area contributed by atoms with E-state index in [0.29, 0.717) is 24.3 Å². The van der Waals surface area contributed by atoms with E-state index in [4.69, 9.17) is 5.73 Å². The SMILES string of the molecule is CCCCNC(=O)CN1CCc2ccc(N)cc2C1=O. The highest BCUT2D eigenvalue weighted by atomic mass is 16.2. The van der Waals surface area contributed by atoms with Gasteiger partial charge in [0.25, 0.3) is 5.91 Å². The Labute approximate surface area is 119 Å². The van der Waals surface area contributed by atoms with E-state index in [2.05, 4.69) is 12.2 Å². The number of unbranched alkanes of at least 4 members (excludes halogenated alkanes) is 1. The number of nitrogens with zero attached hydrogens (tertiary/aromatic N) is 1. The third-order valence-electron chi connectivity index (χ3n) is 3.49. The zero-order valence-corrected chi connectivity index (χ0v) is 11.8. The monoisotopic (exact) mass is 275 g/mol. The highest BCUT2D eigenvalue weighted by molar-refractivity contribution is 5.99. The number of hydrogen-bond acceptors (Lipinski definition) is 3. The molecule has 5 heteroatoms. The minimum absolute atomic E-state index is 0.0980. The molecule has 20 heavy (non-hydrogen) atoms. The number of rotatable bonds is 5. The van der Waals surface area contributed by atoms with Crippen LogP contribution >= 0.6 is 0 Å². The van der Waals surface area contributed by atoms with Gasteiger partial charge in [0.05, 0.1) is 6.54 Å². The van der Waals surface area contributed by atoms with Gasteiger partial charge in [-0.1, -0.05) is 19.4 Å². The lowest BCUT2D eigenvalue weighted by molar-refractivity contribution is -0.121. The van der Waals surface area contributed by atoms with Gasteiger partial charge in [-0.25, -0.2) is 0 Å². The molecule has 1 aliphatic heterocycles. The Morgan fingerprint density at radius 1 is 1.45 bits per heavy atom. The molecule has 0 fully saturated rings. The van der Waals surface area contributed by atoms with Crippen LogP contribution in [0.5, 0.6) is 0 Å². The minimum atomic E-state index is -0.107. The summed E-state index contributed by atoms with van der Waals surface area (Å²) >= 11 is 0. The molecule has 0 unspecified atom stereocenters. The molecule has 0 radical (unpaired) electrons. The third kappa shape index (κ3) is 3.29. The van der Waals surface area contributed by atoms with Crippen molar-refractivity contribution < 1.29 is 9.59 Å². The first kappa shape index (κ1) is 14.4. The predicted molar refractivity (Wildman–Crippen MR) is 78.4 cm³/mol. The van der Waals surface area contributed by atoms with Crippen molar-refractivity contribution in [3.8, 4) is 0 Å². The smallest absolute Gasteiger partial charge is 0.254 e. The van der Waals surface area contributed by atoms with Crippen LogP contribution in [0.4, 0.5) is 5.69 Å². The number of nitrogen functional groups attached to an aromatic ring is 1. The first-order valence-corrected chi connectivity index (χ1v) is 7.06. The van der Waals surface area contributed by atoms with E-state index in [-0.39, 0.29) is 18.4 Å². The maximum absolute atomic E-state index is 12.3. The molecule has 0 aromatic heterocycles. The van der Waals surface area contributed by atoms with E-state index in [9.17, 15) is 9.59 Å². The second-order valence-corrected chi connectivity index (χ2v) is 5.10. The Morgan fingerprint density at radius 2 is 2.25 bits per heavy atom. The van der Waals surface area contributed by atoms with Gasteiger partial charge in [0.1, 0.15) is 0 Å². The molecule has 0 saturated heterocycles. The molecule has 1 aromatic rings. The Balaban J connectivity index is 1.98. The van der Waals surface area contributed by atoms with Gasteiger partial charge in [0.15, 0.2) is 0 Å². The summed E-state index contributed by atoms with van der Waals surface area (Å²) in [4.78, 5) is 25.7. The molecule has 0 aliphatic carbocycles. The molecule has 0 bridgehead atoms. The topological polar surface area (TPSA) is 75.4 Å². The van der Waals surface area contributed by atoms with Crippen LogP contribution in [0, 0.1) is 0 Å². The van der Waals surface area contributed by atoms with Crippen LogP contribution in [-0.2, 0) is 11.2 Å². The van der Waals surface area contributed by atoms with Crippen LogP contribution in [0.1, 0.15) is 35.7 Å². The van der Waals surface area contributed by atoms with Crippen molar-refractivity contribution in [2.45, 2.75) is 26.2 Å². The molecule has 0 spiro atoms. The molecule has 1 aliphatic rings. The van der Waals surface area contributed by atoms with E-state index in [0.717, 1.165) is 24.8 Å². The second kappa shape index (κ2) is 6.41. The third-order valence-corrected chi connectivity index (χ3v) is 3.49. The van der Waals surface area contributed by atoms with Crippen molar-refractivity contribution in [2.24, 2.45) is 0 Å². The van der Waals surface area contributed by atoms with Crippen molar-refractivity contribution in [3.05, 3.63) is 29.3 Å². The lowest BCUT2D eigenvalue weighted by Crippen LogP contribution is -2.44. The molecule has 2 amide bonds. The maximum atomic E-state index is 12.3. The van der Waals surface area contributed by atoms with Crippen molar-refractivity contribution >= 4 is 17.5 Å². The molecule has 1 heterocycles. The van der Waals surface area contributed by atoms with Crippen LogP contribution in [0.15, 0.2) is 18.2 Å². The van der Waals surface area contributed by atoms with Crippen molar-refractivity contribution in [2.75, 3.05) is 25.4 Å². The zero-order chi connectivity index (χ0) is 14.5. The lowest BCUT2D eigenvalue weighted by atomic mass is 9.98. The number of nitrogens with two attached hydrogens (primary N) is 1. The normalized spacial score (nSPS) is 14.1. The summed E-state index contributed by atoms with van der Waals surface area (Å²) in [5.74, 6) is -0.205. The van der Waals surface area contributed by atoms with Crippen LogP contribution in [0.25, 0.3) is 0 Å². The van der Waals surface area contributed by atoms with Crippen LogP contribution < -0.4 is 11.1 Å². The van der Waals surface area contributed by atoms with Gasteiger partial charge in [0, 0.05) is 24.3 Å². The van der Waals surface area contributed by atoms with E-state index in [1.54, 1.807) is 17.0 Å². The van der Waals surface area contributed by atoms with Gasteiger partial charge in [-0.15, -0.1) is 0 Å². The Hall–Kier alpha value is -2.04. The number of benzene rings is 1. The first-order chi connectivity index (χ1) is 9.61. The van der Waals surface area contributed by atoms with Gasteiger partial charge in [-0.2, -0.15) is 0 Å². The van der Waals surface area contributed by atoms with Crippen molar-refractivity contribution in [1.82, 2.24) is 10.2 Å². The predicted octanol–water partition coefficient (Wildman–Crippen LogP) is 1.18. The van der Waals surface area contributed by atoms with Gasteiger partial charge in [-0.3, -0.25) is 9.59 Å². The fraction of sp³-hybridized carbons (Fsp3) is 0.467. The Morgan fingerprint density at radius 3 is 3.00 bits per heavy atom. The first-order valence-electron chi connectivity index (χ1n) is 7.06. The molecule has 2 rings (SSSR count). The highest BCUT2D eigenvalue weighted by Gasteiger charge is 2.25. The Kier molecular flexibility index (Phi) is 4.61. The zero-order valence-electron chi connectivity index (χ0n) is 11.8. The van der Waals surface area contributed by atoms with Gasteiger partial charge >= 0.3 is 0 Å². The fourth-order valence-corrected chi connectivity index (χ4v) is 2.32. The number of nitrogens with one attached hydrogen (secondary N) is 1. The molecular weight excluding hydrogens is 254 g/mol. The van der Waals surface area contributed by atoms with Crippen molar-refractivity contribution in [3.63, 3.8) is 0 Å². The molecular formula is C15H21N3O2. The quantitative estimate of drug-likeness (QED) is 0.626. The largest absolute Gasteiger partial charge is 0.399 e. The fourth-order valence-electron chi connectivity index (χ4n) is 2.32. The van der Waals surface area contributed by atoms with Gasteiger partial charge in [0.2, 0.25) is 5.91 Å². The lowest BCUT2D eigenvalue weighted by Gasteiger charge is -2.28. The number of hydrogen-bond donors (Lipinski definition) is 2. The number of fused-ring (bicyclic) bond motifs is 1. The summed E-state index contributed by atoms with van der Waals surface area (Å²) < 4.78 is 0. The molecule has 1 aromatic carbocycles. The standard InChI is InChI=1S/C15H21N3O2/c1-2-3-7-17-14(19)10-18-8-6-11-4-5-12(16)9-13(11)15(18)20/h4-5,9H,2-3,6-8,10,16H2,1H3,(H,17,19). The Bertz CT molecular complexity index is 514. The van der Waals surface area contributed by atoms with Crippen LogP contribution in [0.3, 0.4) is 0 Å². The summed E-state index contributed by atoms with van der Waals surface area (Å²) in [5.41, 5.74) is 7.93. The number of amides is 2. The molecule has 3 N–H and O–H groups in total. The van der Waals surface area contributed by atoms with Gasteiger partial charge in [-0.05, 0) is 30.5 Å². The summed E-state index contributed by atoms with van der Waals surface area (Å²) in [6.45, 7) is 3.44. The second-order valence-electron chi connectivity index (χ2n) is 5.10. The maximum Gasteiger partial charge on any atom is 0.254 e. The average molecular weight is 275 g/mol. The van der Waals surface area contributed by atoms with E-state index in [1.165, 1.54) is 0 Å². The summed E-state index contributed by atoms with van der Waals surface area (Å²) in [5, 5.41) is 2.83. The summed E-state index contributed by atoms with van der Waals surface area (Å²) in [6, 6.07) is 5.39. The van der Waals surface area contributed by atoms with E-state index >= 15 is 0 Å². The molecule has 5 nitrogen and oxygen atoms in total. The van der Waals surface area contributed by atoms with Gasteiger partial charge < -0.3 is 16.0 Å². The van der Waals surface area contributed by atoms with Crippen LogP contribution in [0.2, 0.25) is 0 Å². The van der Waals surface area contributed by atoms with Crippen LogP contribution in [-0.4, -0.2) is 36.3 Å².